The van der Waals surface area contributed by atoms with Crippen LogP contribution in [0.4, 0.5) is 5.69 Å². The molecule has 0 amide bonds. The molecule has 0 spiro atoms. The quantitative estimate of drug-likeness (QED) is 0.721. The molecule has 1 unspecified atom stereocenters. The van der Waals surface area contributed by atoms with Gasteiger partial charge in [0.05, 0.1) is 11.0 Å². The molecule has 0 radical (unpaired) electrons. The summed E-state index contributed by atoms with van der Waals surface area (Å²) in [5, 5.41) is 9.07. The maximum atomic E-state index is 11.9. The smallest absolute Gasteiger partial charge is 0.240 e. The average molecular weight is 323 g/mol. The number of hydrogen-bond donors (Lipinski definition) is 3. The fourth-order valence-corrected chi connectivity index (χ4v) is 3.11. The van der Waals surface area contributed by atoms with E-state index >= 15 is 0 Å². The van der Waals surface area contributed by atoms with Crippen molar-refractivity contribution in [2.24, 2.45) is 0 Å². The zero-order valence-corrected chi connectivity index (χ0v) is 12.0. The molecule has 0 saturated carbocycles. The number of sulfonamides is 1. The van der Waals surface area contributed by atoms with Gasteiger partial charge in [0.2, 0.25) is 10.0 Å². The number of nitrogen functional groups attached to an aromatic ring is 1. The molecule has 0 aliphatic rings. The lowest BCUT2D eigenvalue weighted by atomic mass is 10.2. The van der Waals surface area contributed by atoms with Crippen LogP contribution in [0.1, 0.15) is 12.5 Å². The Morgan fingerprint density at radius 2 is 2.12 bits per heavy atom. The third-order valence-corrected chi connectivity index (χ3v) is 4.40. The van der Waals surface area contributed by atoms with Gasteiger partial charge in [-0.25, -0.2) is 13.1 Å². The van der Waals surface area contributed by atoms with Gasteiger partial charge in [-0.05, 0) is 47.5 Å². The second-order valence-corrected chi connectivity index (χ2v) is 6.43. The summed E-state index contributed by atoms with van der Waals surface area (Å²) in [6.45, 7) is 3.16. The molecule has 1 atom stereocenters. The first-order valence-corrected chi connectivity index (χ1v) is 7.25. The average Bonchev–Trinajstić information content (AvgIpc) is 2.20. The number of rotatable bonds is 4. The van der Waals surface area contributed by atoms with Gasteiger partial charge in [0.25, 0.3) is 0 Å². The molecule has 0 saturated heterocycles. The van der Waals surface area contributed by atoms with Gasteiger partial charge in [-0.2, -0.15) is 0 Å². The minimum absolute atomic E-state index is 0.0300. The van der Waals surface area contributed by atoms with E-state index in [4.69, 9.17) is 10.8 Å². The molecular weight excluding hydrogens is 308 g/mol. The monoisotopic (exact) mass is 322 g/mol. The summed E-state index contributed by atoms with van der Waals surface area (Å²) in [6.07, 6.45) is -0.738. The second kappa shape index (κ2) is 5.34. The van der Waals surface area contributed by atoms with E-state index in [1.54, 1.807) is 13.0 Å². The van der Waals surface area contributed by atoms with E-state index in [1.807, 2.05) is 0 Å². The highest BCUT2D eigenvalue weighted by Crippen LogP contribution is 2.26. The van der Waals surface area contributed by atoms with Gasteiger partial charge in [0.1, 0.15) is 0 Å². The molecule has 1 rings (SSSR count). The highest BCUT2D eigenvalue weighted by Gasteiger charge is 2.18. The van der Waals surface area contributed by atoms with Gasteiger partial charge in [-0.15, -0.1) is 0 Å². The number of halogens is 1. The number of aryl methyl sites for hydroxylation is 1. The number of hydrogen-bond acceptors (Lipinski definition) is 4. The topological polar surface area (TPSA) is 92.4 Å². The molecule has 0 bridgehead atoms. The van der Waals surface area contributed by atoms with Crippen LogP contribution in [0.25, 0.3) is 0 Å². The molecule has 0 heterocycles. The third-order valence-electron chi connectivity index (χ3n) is 2.15. The maximum absolute atomic E-state index is 11.9. The molecule has 5 nitrogen and oxygen atoms in total. The van der Waals surface area contributed by atoms with Crippen LogP contribution in [-0.4, -0.2) is 26.2 Å². The highest BCUT2D eigenvalue weighted by atomic mass is 79.9. The molecule has 17 heavy (non-hydrogen) atoms. The Bertz CT molecular complexity index is 515. The van der Waals surface area contributed by atoms with Crippen molar-refractivity contribution in [3.63, 3.8) is 0 Å². The van der Waals surface area contributed by atoms with Crippen molar-refractivity contribution >= 4 is 31.6 Å². The molecule has 4 N–H and O–H groups in total. The van der Waals surface area contributed by atoms with E-state index in [0.717, 1.165) is 0 Å². The summed E-state index contributed by atoms with van der Waals surface area (Å²) in [5.41, 5.74) is 6.60. The number of nitrogens with one attached hydrogen (secondary N) is 1. The summed E-state index contributed by atoms with van der Waals surface area (Å²) in [6, 6.07) is 3.04. The van der Waals surface area contributed by atoms with Crippen LogP contribution in [0.3, 0.4) is 0 Å². The molecule has 0 aliphatic heterocycles. The summed E-state index contributed by atoms with van der Waals surface area (Å²) >= 11 is 3.23. The number of aliphatic hydroxyl groups excluding tert-OH is 1. The first-order chi connectivity index (χ1) is 7.74. The number of aliphatic hydroxyl groups is 1. The van der Waals surface area contributed by atoms with Crippen LogP contribution >= 0.6 is 15.9 Å². The molecule has 0 aliphatic carbocycles. The zero-order valence-electron chi connectivity index (χ0n) is 9.57. The highest BCUT2D eigenvalue weighted by molar-refractivity contribution is 9.10. The summed E-state index contributed by atoms with van der Waals surface area (Å²) in [4.78, 5) is 0.124. The van der Waals surface area contributed by atoms with Crippen molar-refractivity contribution in [3.8, 4) is 0 Å². The van der Waals surface area contributed by atoms with E-state index in [1.165, 1.54) is 13.0 Å². The molecule has 0 fully saturated rings. The number of anilines is 1. The number of nitrogens with two attached hydrogens (primary N) is 1. The van der Waals surface area contributed by atoms with E-state index < -0.39 is 16.1 Å². The van der Waals surface area contributed by atoms with Crippen LogP contribution in [0.2, 0.25) is 0 Å². The fraction of sp³-hybridized carbons (Fsp3) is 0.400. The minimum atomic E-state index is -3.64. The standard InChI is InChI=1S/C10H15BrN2O3S/c1-6-3-8(11)9(12)4-10(6)17(15,16)13-5-7(2)14/h3-4,7,13-14H,5,12H2,1-2H3. The largest absolute Gasteiger partial charge is 0.398 e. The lowest BCUT2D eigenvalue weighted by Gasteiger charge is -2.12. The van der Waals surface area contributed by atoms with Crippen molar-refractivity contribution in [2.45, 2.75) is 24.8 Å². The minimum Gasteiger partial charge on any atom is -0.398 e. The van der Waals surface area contributed by atoms with Gasteiger partial charge in [-0.1, -0.05) is 0 Å². The van der Waals surface area contributed by atoms with Gasteiger partial charge in [0, 0.05) is 16.7 Å². The Morgan fingerprint density at radius 1 is 1.53 bits per heavy atom. The van der Waals surface area contributed by atoms with Crippen LogP contribution in [0, 0.1) is 6.92 Å². The third kappa shape index (κ3) is 3.67. The van der Waals surface area contributed by atoms with Crippen LogP contribution in [-0.2, 0) is 10.0 Å². The van der Waals surface area contributed by atoms with Crippen molar-refractivity contribution in [2.75, 3.05) is 12.3 Å². The summed E-state index contributed by atoms with van der Waals surface area (Å²) in [5.74, 6) is 0. The molecule has 7 heteroatoms. The molecule has 1 aromatic carbocycles. The molecule has 0 aromatic heterocycles. The molecule has 96 valence electrons. The van der Waals surface area contributed by atoms with Gasteiger partial charge >= 0.3 is 0 Å². The predicted octanol–water partition coefficient (Wildman–Crippen LogP) is 0.999. The number of benzene rings is 1. The van der Waals surface area contributed by atoms with Crippen molar-refractivity contribution in [3.05, 3.63) is 22.2 Å². The van der Waals surface area contributed by atoms with Crippen molar-refractivity contribution in [1.29, 1.82) is 0 Å². The Morgan fingerprint density at radius 3 is 2.65 bits per heavy atom. The summed E-state index contributed by atoms with van der Waals surface area (Å²) in [7, 11) is -3.64. The first-order valence-electron chi connectivity index (χ1n) is 4.97. The normalized spacial score (nSPS) is 13.6. The lowest BCUT2D eigenvalue weighted by molar-refractivity contribution is 0.198. The Kier molecular flexibility index (Phi) is 4.54. The first kappa shape index (κ1) is 14.4. The van der Waals surface area contributed by atoms with Crippen LogP contribution in [0.15, 0.2) is 21.5 Å². The van der Waals surface area contributed by atoms with Crippen LogP contribution < -0.4 is 10.5 Å². The fourth-order valence-electron chi connectivity index (χ4n) is 1.27. The Hall–Kier alpha value is -0.630. The van der Waals surface area contributed by atoms with Gasteiger partial charge in [-0.3, -0.25) is 0 Å². The summed E-state index contributed by atoms with van der Waals surface area (Å²) < 4.78 is 26.8. The predicted molar refractivity (Wildman–Crippen MR) is 70.2 cm³/mol. The Balaban J connectivity index is 3.11. The molecule has 1 aromatic rings. The van der Waals surface area contributed by atoms with Gasteiger partial charge in [0.15, 0.2) is 0 Å². The van der Waals surface area contributed by atoms with Crippen molar-refractivity contribution < 1.29 is 13.5 Å². The zero-order chi connectivity index (χ0) is 13.2. The van der Waals surface area contributed by atoms with Gasteiger partial charge < -0.3 is 10.8 Å². The van der Waals surface area contributed by atoms with E-state index in [9.17, 15) is 8.42 Å². The van der Waals surface area contributed by atoms with E-state index in [0.29, 0.717) is 15.7 Å². The maximum Gasteiger partial charge on any atom is 0.240 e. The van der Waals surface area contributed by atoms with E-state index in [2.05, 4.69) is 20.7 Å². The van der Waals surface area contributed by atoms with E-state index in [-0.39, 0.29) is 11.4 Å². The molecular formula is C10H15BrN2O3S. The van der Waals surface area contributed by atoms with Crippen molar-refractivity contribution in [1.82, 2.24) is 4.72 Å². The Labute approximate surface area is 109 Å². The SMILES string of the molecule is Cc1cc(Br)c(N)cc1S(=O)(=O)NCC(C)O. The second-order valence-electron chi connectivity index (χ2n) is 3.84. The lowest BCUT2D eigenvalue weighted by Crippen LogP contribution is -2.31. The van der Waals surface area contributed by atoms with Crippen LogP contribution in [0.5, 0.6) is 0 Å².